The average Bonchev–Trinajstić information content (AvgIpc) is 2.96. The van der Waals surface area contributed by atoms with Gasteiger partial charge in [0.15, 0.2) is 0 Å². The minimum atomic E-state index is 0.655. The Kier molecular flexibility index (Phi) is 6.18. The Hall–Kier alpha value is -1.06. The normalized spacial score (nSPS) is 15.8. The Balaban J connectivity index is 1.53. The summed E-state index contributed by atoms with van der Waals surface area (Å²) in [4.78, 5) is 0. The highest BCUT2D eigenvalue weighted by atomic mass is 16.5. The third-order valence-corrected chi connectivity index (χ3v) is 3.73. The fourth-order valence-electron chi connectivity index (χ4n) is 2.62. The van der Waals surface area contributed by atoms with Crippen LogP contribution in [0.25, 0.3) is 0 Å². The molecule has 1 aliphatic rings. The second-order valence-corrected chi connectivity index (χ2v) is 5.26. The van der Waals surface area contributed by atoms with E-state index in [0.29, 0.717) is 6.61 Å². The number of nitrogens with one attached hydrogen (secondary N) is 1. The van der Waals surface area contributed by atoms with Crippen LogP contribution in [0.15, 0.2) is 24.3 Å². The molecule has 0 spiro atoms. The van der Waals surface area contributed by atoms with Gasteiger partial charge < -0.3 is 14.8 Å². The van der Waals surface area contributed by atoms with Crippen LogP contribution in [0.2, 0.25) is 0 Å². The smallest absolute Gasteiger partial charge is 0.119 e. The van der Waals surface area contributed by atoms with Crippen molar-refractivity contribution in [2.45, 2.75) is 32.3 Å². The summed E-state index contributed by atoms with van der Waals surface area (Å²) in [5.41, 5.74) is 1.16. The van der Waals surface area contributed by atoms with Gasteiger partial charge in [-0.05, 0) is 43.0 Å². The molecule has 1 fully saturated rings. The molecule has 1 N–H and O–H groups in total. The SMILES string of the molecule is COc1cccc(COCCNCC2CCCC2)c1. The topological polar surface area (TPSA) is 30.5 Å². The minimum absolute atomic E-state index is 0.655. The zero-order chi connectivity index (χ0) is 13.3. The Labute approximate surface area is 116 Å². The number of methoxy groups -OCH3 is 1. The van der Waals surface area contributed by atoms with Crippen LogP contribution >= 0.6 is 0 Å². The molecular formula is C16H25NO2. The van der Waals surface area contributed by atoms with Crippen molar-refractivity contribution in [2.24, 2.45) is 5.92 Å². The highest BCUT2D eigenvalue weighted by Crippen LogP contribution is 2.23. The van der Waals surface area contributed by atoms with E-state index in [4.69, 9.17) is 9.47 Å². The largest absolute Gasteiger partial charge is 0.497 e. The maximum absolute atomic E-state index is 5.67. The fraction of sp³-hybridized carbons (Fsp3) is 0.625. The molecule has 1 saturated carbocycles. The first-order valence-electron chi connectivity index (χ1n) is 7.30. The van der Waals surface area contributed by atoms with Crippen molar-refractivity contribution in [2.75, 3.05) is 26.8 Å². The summed E-state index contributed by atoms with van der Waals surface area (Å²) in [6.45, 7) is 3.52. The number of rotatable bonds is 8. The molecule has 0 radical (unpaired) electrons. The monoisotopic (exact) mass is 263 g/mol. The molecule has 19 heavy (non-hydrogen) atoms. The van der Waals surface area contributed by atoms with Crippen molar-refractivity contribution < 1.29 is 9.47 Å². The van der Waals surface area contributed by atoms with Crippen LogP contribution < -0.4 is 10.1 Å². The second-order valence-electron chi connectivity index (χ2n) is 5.26. The molecule has 0 atom stereocenters. The Morgan fingerprint density at radius 3 is 2.89 bits per heavy atom. The zero-order valence-corrected chi connectivity index (χ0v) is 11.9. The van der Waals surface area contributed by atoms with E-state index in [2.05, 4.69) is 11.4 Å². The number of ether oxygens (including phenoxy) is 2. The molecule has 2 rings (SSSR count). The maximum Gasteiger partial charge on any atom is 0.119 e. The van der Waals surface area contributed by atoms with Gasteiger partial charge in [-0.25, -0.2) is 0 Å². The molecule has 0 amide bonds. The number of hydrogen-bond donors (Lipinski definition) is 1. The summed E-state index contributed by atoms with van der Waals surface area (Å²) >= 11 is 0. The van der Waals surface area contributed by atoms with Crippen molar-refractivity contribution >= 4 is 0 Å². The van der Waals surface area contributed by atoms with Crippen molar-refractivity contribution in [3.63, 3.8) is 0 Å². The average molecular weight is 263 g/mol. The first-order chi connectivity index (χ1) is 9.38. The maximum atomic E-state index is 5.67. The van der Waals surface area contributed by atoms with E-state index in [9.17, 15) is 0 Å². The van der Waals surface area contributed by atoms with Gasteiger partial charge >= 0.3 is 0 Å². The van der Waals surface area contributed by atoms with E-state index < -0.39 is 0 Å². The van der Waals surface area contributed by atoms with Gasteiger partial charge in [0.1, 0.15) is 5.75 Å². The molecule has 0 unspecified atom stereocenters. The predicted molar refractivity (Wildman–Crippen MR) is 77.5 cm³/mol. The van der Waals surface area contributed by atoms with Gasteiger partial charge in [0, 0.05) is 6.54 Å². The first-order valence-corrected chi connectivity index (χ1v) is 7.30. The molecule has 3 nitrogen and oxygen atoms in total. The van der Waals surface area contributed by atoms with E-state index in [1.54, 1.807) is 7.11 Å². The first kappa shape index (κ1) is 14.4. The Morgan fingerprint density at radius 1 is 1.26 bits per heavy atom. The quantitative estimate of drug-likeness (QED) is 0.731. The molecule has 0 saturated heterocycles. The van der Waals surface area contributed by atoms with Crippen molar-refractivity contribution in [1.82, 2.24) is 5.32 Å². The van der Waals surface area contributed by atoms with Crippen molar-refractivity contribution in [3.8, 4) is 5.75 Å². The molecule has 0 bridgehead atoms. The summed E-state index contributed by atoms with van der Waals surface area (Å²) in [6.07, 6.45) is 5.63. The van der Waals surface area contributed by atoms with E-state index in [0.717, 1.165) is 36.9 Å². The van der Waals surface area contributed by atoms with Crippen LogP contribution in [0.5, 0.6) is 5.75 Å². The van der Waals surface area contributed by atoms with E-state index in [1.807, 2.05) is 18.2 Å². The van der Waals surface area contributed by atoms with E-state index in [1.165, 1.54) is 25.7 Å². The van der Waals surface area contributed by atoms with Crippen LogP contribution in [0.4, 0.5) is 0 Å². The van der Waals surface area contributed by atoms with E-state index in [-0.39, 0.29) is 0 Å². The molecular weight excluding hydrogens is 238 g/mol. The number of benzene rings is 1. The summed E-state index contributed by atoms with van der Waals surface area (Å²) in [5.74, 6) is 1.79. The molecule has 3 heteroatoms. The number of hydrogen-bond acceptors (Lipinski definition) is 3. The van der Waals surface area contributed by atoms with Gasteiger partial charge in [-0.15, -0.1) is 0 Å². The second kappa shape index (κ2) is 8.18. The van der Waals surface area contributed by atoms with Crippen molar-refractivity contribution in [3.05, 3.63) is 29.8 Å². The van der Waals surface area contributed by atoms with Gasteiger partial charge in [0.05, 0.1) is 20.3 Å². The minimum Gasteiger partial charge on any atom is -0.497 e. The van der Waals surface area contributed by atoms with Gasteiger partial charge in [0.2, 0.25) is 0 Å². The zero-order valence-electron chi connectivity index (χ0n) is 11.9. The third kappa shape index (κ3) is 5.21. The van der Waals surface area contributed by atoms with E-state index >= 15 is 0 Å². The lowest BCUT2D eigenvalue weighted by molar-refractivity contribution is 0.122. The lowest BCUT2D eigenvalue weighted by atomic mass is 10.1. The van der Waals surface area contributed by atoms with Gasteiger partial charge in [-0.3, -0.25) is 0 Å². The van der Waals surface area contributed by atoms with Gasteiger partial charge in [0.25, 0.3) is 0 Å². The van der Waals surface area contributed by atoms with Crippen molar-refractivity contribution in [1.29, 1.82) is 0 Å². The molecule has 1 aromatic carbocycles. The van der Waals surface area contributed by atoms with Crippen LogP contribution in [0.3, 0.4) is 0 Å². The standard InChI is InChI=1S/C16H25NO2/c1-18-16-8-4-7-15(11-16)13-19-10-9-17-12-14-5-2-3-6-14/h4,7-8,11,14,17H,2-3,5-6,9-10,12-13H2,1H3. The van der Waals surface area contributed by atoms with Gasteiger partial charge in [-0.1, -0.05) is 25.0 Å². The lowest BCUT2D eigenvalue weighted by Crippen LogP contribution is -2.25. The van der Waals surface area contributed by atoms with Crippen LogP contribution in [0.1, 0.15) is 31.2 Å². The molecule has 0 heterocycles. The molecule has 106 valence electrons. The summed E-state index contributed by atoms with van der Waals surface area (Å²) < 4.78 is 10.9. The highest BCUT2D eigenvalue weighted by molar-refractivity contribution is 5.27. The fourth-order valence-corrected chi connectivity index (χ4v) is 2.62. The van der Waals surface area contributed by atoms with Crippen LogP contribution in [-0.4, -0.2) is 26.8 Å². The Bertz CT molecular complexity index is 362. The third-order valence-electron chi connectivity index (χ3n) is 3.73. The summed E-state index contributed by atoms with van der Waals surface area (Å²) in [7, 11) is 1.69. The highest BCUT2D eigenvalue weighted by Gasteiger charge is 2.13. The van der Waals surface area contributed by atoms with Crippen LogP contribution in [0, 0.1) is 5.92 Å². The molecule has 1 aromatic rings. The van der Waals surface area contributed by atoms with Crippen LogP contribution in [-0.2, 0) is 11.3 Å². The molecule has 0 aliphatic heterocycles. The summed E-state index contributed by atoms with van der Waals surface area (Å²) in [6, 6.07) is 8.03. The Morgan fingerprint density at radius 2 is 2.11 bits per heavy atom. The lowest BCUT2D eigenvalue weighted by Gasteiger charge is -2.11. The predicted octanol–water partition coefficient (Wildman–Crippen LogP) is 2.99. The summed E-state index contributed by atoms with van der Waals surface area (Å²) in [5, 5.41) is 3.49. The molecule has 1 aliphatic carbocycles. The molecule has 0 aromatic heterocycles. The van der Waals surface area contributed by atoms with Gasteiger partial charge in [-0.2, -0.15) is 0 Å².